The number of aromatic nitrogens is 2. The van der Waals surface area contributed by atoms with E-state index in [0.717, 1.165) is 5.56 Å². The van der Waals surface area contributed by atoms with Crippen LogP contribution in [0.15, 0.2) is 41.4 Å². The Kier molecular flexibility index (Phi) is 3.35. The molecule has 96 valence electrons. The smallest absolute Gasteiger partial charge is 0.263 e. The maximum absolute atomic E-state index is 12.1. The highest BCUT2D eigenvalue weighted by atomic mass is 32.2. The molecule has 0 aliphatic rings. The van der Waals surface area contributed by atoms with E-state index >= 15 is 0 Å². The Bertz CT molecular complexity index is 649. The largest absolute Gasteiger partial charge is 0.326 e. The number of sulfonamides is 1. The van der Waals surface area contributed by atoms with E-state index in [9.17, 15) is 8.42 Å². The van der Waals surface area contributed by atoms with Crippen LogP contribution in [0.5, 0.6) is 0 Å². The molecule has 6 nitrogen and oxygen atoms in total. The third-order valence-corrected chi connectivity index (χ3v) is 3.86. The maximum Gasteiger partial charge on any atom is 0.263 e. The first-order valence-corrected chi connectivity index (χ1v) is 6.81. The lowest BCUT2D eigenvalue weighted by Crippen LogP contribution is -2.15. The summed E-state index contributed by atoms with van der Waals surface area (Å²) in [6.07, 6.45) is 1.52. The second kappa shape index (κ2) is 4.79. The Labute approximate surface area is 105 Å². The fourth-order valence-electron chi connectivity index (χ4n) is 1.51. The van der Waals surface area contributed by atoms with Crippen molar-refractivity contribution in [3.05, 3.63) is 42.1 Å². The minimum absolute atomic E-state index is 0.187. The molecule has 1 aromatic heterocycles. The standard InChI is InChI=1S/C11H14N4O2S/c1-15-11(5-6-13-15)14-18(16,17)10-4-2-3-9(7-10)8-12/h2-7,14H,8,12H2,1H3. The Morgan fingerprint density at radius 1 is 1.39 bits per heavy atom. The summed E-state index contributed by atoms with van der Waals surface area (Å²) in [5.41, 5.74) is 6.26. The van der Waals surface area contributed by atoms with Crippen molar-refractivity contribution in [3.63, 3.8) is 0 Å². The SMILES string of the molecule is Cn1nccc1NS(=O)(=O)c1cccc(CN)c1. The zero-order valence-electron chi connectivity index (χ0n) is 9.87. The molecular formula is C11H14N4O2S. The molecule has 0 amide bonds. The lowest BCUT2D eigenvalue weighted by molar-refractivity contribution is 0.600. The zero-order valence-corrected chi connectivity index (χ0v) is 10.7. The Morgan fingerprint density at radius 2 is 2.17 bits per heavy atom. The number of nitrogens with zero attached hydrogens (tertiary/aromatic N) is 2. The fraction of sp³-hybridized carbons (Fsp3) is 0.182. The van der Waals surface area contributed by atoms with Gasteiger partial charge in [0.1, 0.15) is 5.82 Å². The van der Waals surface area contributed by atoms with Gasteiger partial charge in [-0.25, -0.2) is 8.42 Å². The molecule has 0 aliphatic heterocycles. The number of rotatable bonds is 4. The van der Waals surface area contributed by atoms with Crippen molar-refractivity contribution >= 4 is 15.8 Å². The van der Waals surface area contributed by atoms with Crippen LogP contribution in [0.3, 0.4) is 0 Å². The monoisotopic (exact) mass is 266 g/mol. The van der Waals surface area contributed by atoms with Gasteiger partial charge in [0, 0.05) is 19.7 Å². The number of benzene rings is 1. The molecule has 7 heteroatoms. The maximum atomic E-state index is 12.1. The predicted molar refractivity (Wildman–Crippen MR) is 68.3 cm³/mol. The van der Waals surface area contributed by atoms with Gasteiger partial charge in [-0.1, -0.05) is 12.1 Å². The topological polar surface area (TPSA) is 90.0 Å². The highest BCUT2D eigenvalue weighted by molar-refractivity contribution is 7.92. The van der Waals surface area contributed by atoms with Crippen LogP contribution < -0.4 is 10.5 Å². The molecule has 18 heavy (non-hydrogen) atoms. The van der Waals surface area contributed by atoms with Crippen LogP contribution >= 0.6 is 0 Å². The molecule has 0 unspecified atom stereocenters. The summed E-state index contributed by atoms with van der Waals surface area (Å²) in [6.45, 7) is 0.301. The first-order chi connectivity index (χ1) is 8.53. The molecule has 0 atom stereocenters. The summed E-state index contributed by atoms with van der Waals surface area (Å²) >= 11 is 0. The zero-order chi connectivity index (χ0) is 13.2. The molecule has 1 aromatic carbocycles. The Morgan fingerprint density at radius 3 is 2.78 bits per heavy atom. The van der Waals surface area contributed by atoms with E-state index in [4.69, 9.17) is 5.73 Å². The predicted octanol–water partition coefficient (Wildman–Crippen LogP) is 0.680. The number of anilines is 1. The van der Waals surface area contributed by atoms with Gasteiger partial charge >= 0.3 is 0 Å². The highest BCUT2D eigenvalue weighted by Crippen LogP contribution is 2.16. The van der Waals surface area contributed by atoms with Gasteiger partial charge in [-0.05, 0) is 17.7 Å². The van der Waals surface area contributed by atoms with E-state index in [2.05, 4.69) is 9.82 Å². The van der Waals surface area contributed by atoms with E-state index in [1.54, 1.807) is 31.3 Å². The summed E-state index contributed by atoms with van der Waals surface area (Å²) in [5.74, 6) is 0.410. The van der Waals surface area contributed by atoms with Crippen molar-refractivity contribution in [3.8, 4) is 0 Å². The van der Waals surface area contributed by atoms with E-state index < -0.39 is 10.0 Å². The normalized spacial score (nSPS) is 11.4. The lowest BCUT2D eigenvalue weighted by atomic mass is 10.2. The fourth-order valence-corrected chi connectivity index (χ4v) is 2.67. The molecule has 0 saturated carbocycles. The number of aryl methyl sites for hydroxylation is 1. The van der Waals surface area contributed by atoms with Crippen molar-refractivity contribution in [1.82, 2.24) is 9.78 Å². The molecule has 0 aliphatic carbocycles. The van der Waals surface area contributed by atoms with Gasteiger partial charge in [-0.15, -0.1) is 0 Å². The number of nitrogens with two attached hydrogens (primary N) is 1. The van der Waals surface area contributed by atoms with Gasteiger partial charge in [0.25, 0.3) is 10.0 Å². The first-order valence-electron chi connectivity index (χ1n) is 5.33. The van der Waals surface area contributed by atoms with Crippen LogP contribution in [-0.4, -0.2) is 18.2 Å². The van der Waals surface area contributed by atoms with Gasteiger partial charge < -0.3 is 5.73 Å². The number of nitrogens with one attached hydrogen (secondary N) is 1. The van der Waals surface area contributed by atoms with Crippen LogP contribution in [0.1, 0.15) is 5.56 Å². The van der Waals surface area contributed by atoms with Crippen molar-refractivity contribution in [1.29, 1.82) is 0 Å². The van der Waals surface area contributed by atoms with Gasteiger partial charge in [0.05, 0.1) is 11.1 Å². The van der Waals surface area contributed by atoms with Crippen LogP contribution in [0.4, 0.5) is 5.82 Å². The summed E-state index contributed by atoms with van der Waals surface area (Å²) in [6, 6.07) is 8.12. The van der Waals surface area contributed by atoms with Crippen molar-refractivity contribution in [2.24, 2.45) is 12.8 Å². The minimum Gasteiger partial charge on any atom is -0.326 e. The number of hydrogen-bond acceptors (Lipinski definition) is 4. The van der Waals surface area contributed by atoms with Crippen molar-refractivity contribution in [2.45, 2.75) is 11.4 Å². The lowest BCUT2D eigenvalue weighted by Gasteiger charge is -2.08. The van der Waals surface area contributed by atoms with Crippen molar-refractivity contribution in [2.75, 3.05) is 4.72 Å². The molecule has 0 spiro atoms. The Hall–Kier alpha value is -1.86. The summed E-state index contributed by atoms with van der Waals surface area (Å²) in [4.78, 5) is 0.187. The number of hydrogen-bond donors (Lipinski definition) is 2. The van der Waals surface area contributed by atoms with E-state index in [0.29, 0.717) is 12.4 Å². The summed E-state index contributed by atoms with van der Waals surface area (Å²) in [5, 5.41) is 3.90. The Balaban J connectivity index is 2.33. The average Bonchev–Trinajstić information content (AvgIpc) is 2.74. The molecule has 0 bridgehead atoms. The van der Waals surface area contributed by atoms with E-state index in [-0.39, 0.29) is 4.90 Å². The highest BCUT2D eigenvalue weighted by Gasteiger charge is 2.15. The van der Waals surface area contributed by atoms with E-state index in [1.807, 2.05) is 0 Å². The molecule has 2 rings (SSSR count). The molecule has 0 fully saturated rings. The molecule has 0 radical (unpaired) electrons. The van der Waals surface area contributed by atoms with Crippen LogP contribution in [0.2, 0.25) is 0 Å². The van der Waals surface area contributed by atoms with Gasteiger partial charge in [-0.3, -0.25) is 9.40 Å². The van der Waals surface area contributed by atoms with Crippen molar-refractivity contribution < 1.29 is 8.42 Å². The van der Waals surface area contributed by atoms with Crippen LogP contribution in [0.25, 0.3) is 0 Å². The van der Waals surface area contributed by atoms with Gasteiger partial charge in [-0.2, -0.15) is 5.10 Å². The minimum atomic E-state index is -3.60. The molecule has 0 saturated heterocycles. The second-order valence-electron chi connectivity index (χ2n) is 3.80. The van der Waals surface area contributed by atoms with Crippen LogP contribution in [0, 0.1) is 0 Å². The molecule has 3 N–H and O–H groups in total. The summed E-state index contributed by atoms with van der Waals surface area (Å²) in [7, 11) is -1.94. The third kappa shape index (κ3) is 2.52. The average molecular weight is 266 g/mol. The van der Waals surface area contributed by atoms with Gasteiger partial charge in [0.15, 0.2) is 0 Å². The first kappa shape index (κ1) is 12.6. The molecule has 1 heterocycles. The quantitative estimate of drug-likeness (QED) is 0.851. The van der Waals surface area contributed by atoms with Crippen LogP contribution in [-0.2, 0) is 23.6 Å². The summed E-state index contributed by atoms with van der Waals surface area (Å²) < 4.78 is 28.2. The molecular weight excluding hydrogens is 252 g/mol. The third-order valence-electron chi connectivity index (χ3n) is 2.50. The molecule has 2 aromatic rings. The second-order valence-corrected chi connectivity index (χ2v) is 5.48. The van der Waals surface area contributed by atoms with Gasteiger partial charge in [0.2, 0.25) is 0 Å². The van der Waals surface area contributed by atoms with E-state index in [1.165, 1.54) is 16.9 Å².